The fourth-order valence-corrected chi connectivity index (χ4v) is 4.12. The lowest BCUT2D eigenvalue weighted by Gasteiger charge is -2.25. The van der Waals surface area contributed by atoms with Crippen LogP contribution in [0.15, 0.2) is 48.5 Å². The molecule has 8 nitrogen and oxygen atoms in total. The molecule has 0 heterocycles. The van der Waals surface area contributed by atoms with E-state index in [9.17, 15) is 24.6 Å². The number of carbonyl (C=O) groups excluding carboxylic acids is 2. The number of alkyl carbamates (subject to hydrolysis) is 1. The molecule has 1 aliphatic carbocycles. The van der Waals surface area contributed by atoms with E-state index in [2.05, 4.69) is 22.8 Å². The van der Waals surface area contributed by atoms with Crippen LogP contribution >= 0.6 is 0 Å². The number of aliphatic carboxylic acids is 1. The Hall–Kier alpha value is -3.39. The number of hydrogen-bond acceptors (Lipinski definition) is 5. The van der Waals surface area contributed by atoms with Gasteiger partial charge < -0.3 is 25.6 Å². The molecule has 0 aliphatic heterocycles. The number of nitrogens with one attached hydrogen (secondary N) is 2. The summed E-state index contributed by atoms with van der Waals surface area (Å²) in [5, 5.41) is 23.6. The quantitative estimate of drug-likeness (QED) is 0.437. The monoisotopic (exact) mass is 454 g/mol. The van der Waals surface area contributed by atoms with Crippen LogP contribution in [0.5, 0.6) is 0 Å². The van der Waals surface area contributed by atoms with E-state index in [4.69, 9.17) is 4.74 Å². The summed E-state index contributed by atoms with van der Waals surface area (Å²) >= 11 is 0. The van der Waals surface area contributed by atoms with E-state index in [1.165, 1.54) is 6.92 Å². The van der Waals surface area contributed by atoms with Crippen molar-refractivity contribution in [1.29, 1.82) is 0 Å². The summed E-state index contributed by atoms with van der Waals surface area (Å²) < 4.78 is 5.54. The summed E-state index contributed by atoms with van der Waals surface area (Å²) in [5.41, 5.74) is 2.69. The van der Waals surface area contributed by atoms with Gasteiger partial charge in [0.1, 0.15) is 6.61 Å². The highest BCUT2D eigenvalue weighted by molar-refractivity contribution is 5.87. The van der Waals surface area contributed by atoms with E-state index in [0.29, 0.717) is 12.8 Å². The van der Waals surface area contributed by atoms with Gasteiger partial charge in [0.05, 0.1) is 6.61 Å². The number of carbonyl (C=O) groups is 3. The number of hydrogen-bond donors (Lipinski definition) is 4. The zero-order valence-corrected chi connectivity index (χ0v) is 18.8. The number of amides is 2. The molecular formula is C25H30N2O6. The second-order valence-electron chi connectivity index (χ2n) is 8.50. The molecule has 1 aliphatic rings. The van der Waals surface area contributed by atoms with Crippen LogP contribution in [-0.4, -0.2) is 53.0 Å². The van der Waals surface area contributed by atoms with Crippen LogP contribution in [0.3, 0.4) is 0 Å². The smallest absolute Gasteiger partial charge is 0.407 e. The number of aliphatic hydroxyl groups is 1. The van der Waals surface area contributed by atoms with E-state index in [-0.39, 0.29) is 18.9 Å². The van der Waals surface area contributed by atoms with E-state index in [0.717, 1.165) is 22.3 Å². The maximum Gasteiger partial charge on any atom is 0.407 e. The largest absolute Gasteiger partial charge is 0.479 e. The van der Waals surface area contributed by atoms with Crippen LogP contribution in [0.4, 0.5) is 4.79 Å². The third-order valence-corrected chi connectivity index (χ3v) is 5.94. The summed E-state index contributed by atoms with van der Waals surface area (Å²) in [7, 11) is 0. The molecule has 2 aromatic carbocycles. The van der Waals surface area contributed by atoms with Gasteiger partial charge in [-0.2, -0.15) is 0 Å². The van der Waals surface area contributed by atoms with Crippen molar-refractivity contribution in [2.24, 2.45) is 0 Å². The Balaban J connectivity index is 1.61. The fraction of sp³-hybridized carbons (Fsp3) is 0.400. The van der Waals surface area contributed by atoms with E-state index < -0.39 is 36.2 Å². The molecule has 2 unspecified atom stereocenters. The molecule has 0 aromatic heterocycles. The third kappa shape index (κ3) is 5.51. The van der Waals surface area contributed by atoms with Crippen LogP contribution in [0.25, 0.3) is 11.1 Å². The van der Waals surface area contributed by atoms with Crippen LogP contribution in [0, 0.1) is 0 Å². The highest BCUT2D eigenvalue weighted by atomic mass is 16.5. The van der Waals surface area contributed by atoms with Crippen molar-refractivity contribution in [3.63, 3.8) is 0 Å². The van der Waals surface area contributed by atoms with Crippen molar-refractivity contribution in [2.75, 3.05) is 13.2 Å². The molecule has 8 heteroatoms. The predicted molar refractivity (Wildman–Crippen MR) is 123 cm³/mol. The number of carboxylic acids is 1. The van der Waals surface area contributed by atoms with Crippen LogP contribution < -0.4 is 10.6 Å². The van der Waals surface area contributed by atoms with Crippen LogP contribution in [0.1, 0.15) is 50.2 Å². The second-order valence-corrected chi connectivity index (χ2v) is 8.50. The van der Waals surface area contributed by atoms with Crippen LogP contribution in [-0.2, 0) is 14.3 Å². The molecule has 3 rings (SSSR count). The van der Waals surface area contributed by atoms with E-state index >= 15 is 0 Å². The first-order chi connectivity index (χ1) is 15.8. The minimum Gasteiger partial charge on any atom is -0.479 e. The van der Waals surface area contributed by atoms with Gasteiger partial charge in [-0.15, -0.1) is 0 Å². The van der Waals surface area contributed by atoms with Crippen molar-refractivity contribution in [3.05, 3.63) is 59.7 Å². The first kappa shape index (κ1) is 24.3. The molecule has 0 saturated heterocycles. The summed E-state index contributed by atoms with van der Waals surface area (Å²) in [6.07, 6.45) is 0.463. The topological polar surface area (TPSA) is 125 Å². The van der Waals surface area contributed by atoms with Gasteiger partial charge in [-0.05, 0) is 35.6 Å². The number of benzene rings is 2. The number of carboxylic acid groups (broad SMARTS) is 1. The van der Waals surface area contributed by atoms with E-state index in [1.54, 1.807) is 0 Å². The van der Waals surface area contributed by atoms with Gasteiger partial charge in [0.25, 0.3) is 0 Å². The predicted octanol–water partition coefficient (Wildman–Crippen LogP) is 3.04. The first-order valence-corrected chi connectivity index (χ1v) is 11.1. The Labute approximate surface area is 193 Å². The SMILES string of the molecule is CCCC(CC(=O)NC(C)(CO)C(=O)O)NC(=O)OCC1c2ccccc2-c2ccccc21. The van der Waals surface area contributed by atoms with Gasteiger partial charge in [0, 0.05) is 18.4 Å². The number of aliphatic hydroxyl groups excluding tert-OH is 1. The number of fused-ring (bicyclic) bond motifs is 3. The summed E-state index contributed by atoms with van der Waals surface area (Å²) in [5.74, 6) is -1.99. The molecular weight excluding hydrogens is 424 g/mol. The number of ether oxygens (including phenoxy) is 1. The first-order valence-electron chi connectivity index (χ1n) is 11.1. The molecule has 4 N–H and O–H groups in total. The normalized spacial score (nSPS) is 15.0. The van der Waals surface area contributed by atoms with Gasteiger partial charge in [-0.1, -0.05) is 61.9 Å². The second kappa shape index (κ2) is 10.5. The molecule has 0 spiro atoms. The van der Waals surface area contributed by atoms with Gasteiger partial charge in [-0.25, -0.2) is 9.59 Å². The minimum atomic E-state index is -1.78. The summed E-state index contributed by atoms with van der Waals surface area (Å²) in [4.78, 5) is 36.2. The standard InChI is InChI=1S/C25H30N2O6/c1-3-8-16(13-22(29)27-25(2,15-28)23(30)31)26-24(32)33-14-21-19-11-6-4-9-17(19)18-10-5-7-12-20(18)21/h4-7,9-12,16,21,28H,3,8,13-15H2,1-2H3,(H,26,32)(H,27,29)(H,30,31). The zero-order chi connectivity index (χ0) is 24.0. The van der Waals surface area contributed by atoms with Gasteiger partial charge in [-0.3, -0.25) is 4.79 Å². The molecule has 33 heavy (non-hydrogen) atoms. The van der Waals surface area contributed by atoms with Crippen molar-refractivity contribution in [2.45, 2.75) is 50.6 Å². The molecule has 176 valence electrons. The van der Waals surface area contributed by atoms with E-state index in [1.807, 2.05) is 43.3 Å². The fourth-order valence-electron chi connectivity index (χ4n) is 4.12. The maximum absolute atomic E-state index is 12.5. The van der Waals surface area contributed by atoms with Gasteiger partial charge in [0.15, 0.2) is 5.54 Å². The lowest BCUT2D eigenvalue weighted by atomic mass is 9.98. The highest BCUT2D eigenvalue weighted by Crippen LogP contribution is 2.44. The molecule has 0 saturated carbocycles. The van der Waals surface area contributed by atoms with Crippen molar-refractivity contribution < 1.29 is 29.3 Å². The van der Waals surface area contributed by atoms with Crippen LogP contribution in [0.2, 0.25) is 0 Å². The Morgan fingerprint density at radius 2 is 1.64 bits per heavy atom. The summed E-state index contributed by atoms with van der Waals surface area (Å²) in [6.45, 7) is 2.55. The average Bonchev–Trinajstić information content (AvgIpc) is 3.11. The highest BCUT2D eigenvalue weighted by Gasteiger charge is 2.35. The Morgan fingerprint density at radius 3 is 2.15 bits per heavy atom. The molecule has 2 atom stereocenters. The van der Waals surface area contributed by atoms with Crippen molar-refractivity contribution in [3.8, 4) is 11.1 Å². The van der Waals surface area contributed by atoms with Crippen molar-refractivity contribution >= 4 is 18.0 Å². The Kier molecular flexibility index (Phi) is 7.71. The van der Waals surface area contributed by atoms with Gasteiger partial charge in [0.2, 0.25) is 5.91 Å². The number of rotatable bonds is 10. The average molecular weight is 455 g/mol. The third-order valence-electron chi connectivity index (χ3n) is 5.94. The Morgan fingerprint density at radius 1 is 1.06 bits per heavy atom. The molecule has 2 aromatic rings. The lowest BCUT2D eigenvalue weighted by Crippen LogP contribution is -2.56. The zero-order valence-electron chi connectivity index (χ0n) is 18.8. The van der Waals surface area contributed by atoms with Gasteiger partial charge >= 0.3 is 12.1 Å². The van der Waals surface area contributed by atoms with Crippen molar-refractivity contribution in [1.82, 2.24) is 10.6 Å². The minimum absolute atomic E-state index is 0.0723. The molecule has 0 radical (unpaired) electrons. The molecule has 0 fully saturated rings. The molecule has 2 amide bonds. The molecule has 0 bridgehead atoms. The lowest BCUT2D eigenvalue weighted by molar-refractivity contribution is -0.148. The Bertz CT molecular complexity index is 978. The maximum atomic E-state index is 12.5. The summed E-state index contributed by atoms with van der Waals surface area (Å²) in [6, 6.07) is 15.6.